The number of nitriles is 1. The van der Waals surface area contributed by atoms with Crippen LogP contribution < -0.4 is 15.8 Å². The van der Waals surface area contributed by atoms with Gasteiger partial charge in [0.1, 0.15) is 18.4 Å². The van der Waals surface area contributed by atoms with Crippen LogP contribution in [-0.4, -0.2) is 13.2 Å². The van der Waals surface area contributed by atoms with Crippen molar-refractivity contribution in [1.29, 1.82) is 5.26 Å². The molecule has 6 heteroatoms. The smallest absolute Gasteiger partial charge is 0.162 e. The third kappa shape index (κ3) is 3.72. The molecule has 2 aromatic carbocycles. The summed E-state index contributed by atoms with van der Waals surface area (Å²) in [5.41, 5.74) is 6.58. The van der Waals surface area contributed by atoms with Crippen LogP contribution in [0.4, 0.5) is 15.8 Å². The fourth-order valence-corrected chi connectivity index (χ4v) is 2.16. The number of halogens is 2. The third-order valence-corrected chi connectivity index (χ3v) is 3.48. The van der Waals surface area contributed by atoms with E-state index in [9.17, 15) is 4.39 Å². The van der Waals surface area contributed by atoms with Gasteiger partial charge in [-0.15, -0.1) is 0 Å². The second-order valence-corrected chi connectivity index (χ2v) is 4.98. The standard InChI is InChI=1S/C15H13BrFN3O/c16-14-10(9-19)4-5-13(15(14)17)20-11-2-1-3-12(8-11)21-7-6-18/h1-5,8,20H,6-7,18H2. The Bertz CT molecular complexity index is 685. The van der Waals surface area contributed by atoms with E-state index >= 15 is 0 Å². The van der Waals surface area contributed by atoms with E-state index < -0.39 is 5.82 Å². The van der Waals surface area contributed by atoms with Gasteiger partial charge in [0.2, 0.25) is 0 Å². The molecule has 0 spiro atoms. The molecule has 2 aromatic rings. The molecule has 108 valence electrons. The molecule has 21 heavy (non-hydrogen) atoms. The fourth-order valence-electron chi connectivity index (χ4n) is 1.73. The van der Waals surface area contributed by atoms with E-state index in [2.05, 4.69) is 21.2 Å². The zero-order valence-corrected chi connectivity index (χ0v) is 12.7. The normalized spacial score (nSPS) is 10.0. The predicted octanol–water partition coefficient (Wildman–Crippen LogP) is 3.54. The van der Waals surface area contributed by atoms with Crippen LogP contribution >= 0.6 is 15.9 Å². The highest BCUT2D eigenvalue weighted by Crippen LogP contribution is 2.29. The van der Waals surface area contributed by atoms with Gasteiger partial charge in [-0.1, -0.05) is 6.07 Å². The average molecular weight is 350 g/mol. The highest BCUT2D eigenvalue weighted by molar-refractivity contribution is 9.10. The lowest BCUT2D eigenvalue weighted by molar-refractivity contribution is 0.328. The summed E-state index contributed by atoms with van der Waals surface area (Å²) in [5.74, 6) is 0.140. The molecule has 3 N–H and O–H groups in total. The molecule has 0 aliphatic heterocycles. The van der Waals surface area contributed by atoms with Crippen molar-refractivity contribution in [2.45, 2.75) is 0 Å². The van der Waals surface area contributed by atoms with Crippen molar-refractivity contribution in [3.05, 3.63) is 52.3 Å². The van der Waals surface area contributed by atoms with Crippen LogP contribution in [-0.2, 0) is 0 Å². The van der Waals surface area contributed by atoms with Gasteiger partial charge in [0, 0.05) is 18.3 Å². The zero-order chi connectivity index (χ0) is 15.2. The Morgan fingerprint density at radius 1 is 1.33 bits per heavy atom. The molecule has 0 aromatic heterocycles. The summed E-state index contributed by atoms with van der Waals surface area (Å²) < 4.78 is 19.7. The summed E-state index contributed by atoms with van der Waals surface area (Å²) in [7, 11) is 0. The first-order valence-electron chi connectivity index (χ1n) is 6.23. The highest BCUT2D eigenvalue weighted by Gasteiger charge is 2.11. The monoisotopic (exact) mass is 349 g/mol. The summed E-state index contributed by atoms with van der Waals surface area (Å²) in [6, 6.07) is 12.1. The number of anilines is 2. The van der Waals surface area contributed by atoms with Crippen LogP contribution in [0, 0.1) is 17.1 Å². The molecule has 0 saturated carbocycles. The van der Waals surface area contributed by atoms with Gasteiger partial charge in [0.25, 0.3) is 0 Å². The molecular weight excluding hydrogens is 337 g/mol. The third-order valence-electron chi connectivity index (χ3n) is 2.70. The number of nitrogens with one attached hydrogen (secondary N) is 1. The molecule has 0 atom stereocenters. The van der Waals surface area contributed by atoms with Crippen molar-refractivity contribution >= 4 is 27.3 Å². The van der Waals surface area contributed by atoms with Crippen LogP contribution in [0.2, 0.25) is 0 Å². The van der Waals surface area contributed by atoms with Crippen LogP contribution in [0.3, 0.4) is 0 Å². The molecule has 0 bridgehead atoms. The van der Waals surface area contributed by atoms with Crippen LogP contribution in [0.1, 0.15) is 5.56 Å². The number of hydrogen-bond donors (Lipinski definition) is 2. The van der Waals surface area contributed by atoms with E-state index in [1.807, 2.05) is 6.07 Å². The SMILES string of the molecule is N#Cc1ccc(Nc2cccc(OCCN)c2)c(F)c1Br. The van der Waals surface area contributed by atoms with Gasteiger partial charge in [-0.25, -0.2) is 4.39 Å². The van der Waals surface area contributed by atoms with E-state index in [0.717, 1.165) is 0 Å². The van der Waals surface area contributed by atoms with Gasteiger partial charge < -0.3 is 15.8 Å². The molecule has 0 unspecified atom stereocenters. The van der Waals surface area contributed by atoms with Gasteiger partial charge in [0.05, 0.1) is 15.7 Å². The maximum absolute atomic E-state index is 14.1. The Kier molecular flexibility index (Phi) is 5.14. The summed E-state index contributed by atoms with van der Waals surface area (Å²) in [6.07, 6.45) is 0. The average Bonchev–Trinajstić information content (AvgIpc) is 2.50. The molecule has 0 aliphatic rings. The first kappa shape index (κ1) is 15.3. The predicted molar refractivity (Wildman–Crippen MR) is 83.1 cm³/mol. The minimum Gasteiger partial charge on any atom is -0.492 e. The van der Waals surface area contributed by atoms with Crippen molar-refractivity contribution in [3.8, 4) is 11.8 Å². The Balaban J connectivity index is 2.23. The Hall–Kier alpha value is -2.10. The Labute approximate surface area is 130 Å². The number of nitrogens with zero attached hydrogens (tertiary/aromatic N) is 1. The lowest BCUT2D eigenvalue weighted by Crippen LogP contribution is -2.10. The van der Waals surface area contributed by atoms with Crippen LogP contribution in [0.15, 0.2) is 40.9 Å². The van der Waals surface area contributed by atoms with Crippen molar-refractivity contribution in [3.63, 3.8) is 0 Å². The lowest BCUT2D eigenvalue weighted by atomic mass is 10.2. The summed E-state index contributed by atoms with van der Waals surface area (Å²) in [5, 5.41) is 11.8. The molecule has 0 heterocycles. The maximum atomic E-state index is 14.1. The number of rotatable bonds is 5. The van der Waals surface area contributed by atoms with Crippen LogP contribution in [0.25, 0.3) is 0 Å². The quantitative estimate of drug-likeness (QED) is 0.865. The Morgan fingerprint density at radius 2 is 2.14 bits per heavy atom. The number of hydrogen-bond acceptors (Lipinski definition) is 4. The highest BCUT2D eigenvalue weighted by atomic mass is 79.9. The van der Waals surface area contributed by atoms with E-state index in [4.69, 9.17) is 15.7 Å². The van der Waals surface area contributed by atoms with E-state index in [0.29, 0.717) is 24.6 Å². The molecule has 0 saturated heterocycles. The molecule has 2 rings (SSSR count). The second-order valence-electron chi connectivity index (χ2n) is 4.19. The van der Waals surface area contributed by atoms with E-state index in [1.165, 1.54) is 6.07 Å². The maximum Gasteiger partial charge on any atom is 0.162 e. The molecular formula is C15H13BrFN3O. The van der Waals surface area contributed by atoms with Crippen molar-refractivity contribution in [2.24, 2.45) is 5.73 Å². The first-order chi connectivity index (χ1) is 10.2. The largest absolute Gasteiger partial charge is 0.492 e. The van der Waals surface area contributed by atoms with Crippen molar-refractivity contribution < 1.29 is 9.13 Å². The topological polar surface area (TPSA) is 71.1 Å². The van der Waals surface area contributed by atoms with Crippen LogP contribution in [0.5, 0.6) is 5.75 Å². The van der Waals surface area contributed by atoms with Gasteiger partial charge in [-0.05, 0) is 40.2 Å². The summed E-state index contributed by atoms with van der Waals surface area (Å²) in [6.45, 7) is 0.842. The fraction of sp³-hybridized carbons (Fsp3) is 0.133. The van der Waals surface area contributed by atoms with Crippen molar-refractivity contribution in [2.75, 3.05) is 18.5 Å². The summed E-state index contributed by atoms with van der Waals surface area (Å²) >= 11 is 3.08. The molecule has 4 nitrogen and oxygen atoms in total. The Morgan fingerprint density at radius 3 is 2.86 bits per heavy atom. The molecule has 0 fully saturated rings. The van der Waals surface area contributed by atoms with Gasteiger partial charge in [-0.2, -0.15) is 5.26 Å². The first-order valence-corrected chi connectivity index (χ1v) is 7.03. The molecule has 0 amide bonds. The second kappa shape index (κ2) is 7.07. The number of benzene rings is 2. The van der Waals surface area contributed by atoms with Crippen molar-refractivity contribution in [1.82, 2.24) is 0 Å². The van der Waals surface area contributed by atoms with Gasteiger partial charge in [0.15, 0.2) is 5.82 Å². The minimum atomic E-state index is -0.512. The number of ether oxygens (including phenoxy) is 1. The molecule has 0 aliphatic carbocycles. The zero-order valence-electron chi connectivity index (χ0n) is 11.1. The summed E-state index contributed by atoms with van der Waals surface area (Å²) in [4.78, 5) is 0. The lowest BCUT2D eigenvalue weighted by Gasteiger charge is -2.11. The van der Waals surface area contributed by atoms with Gasteiger partial charge in [-0.3, -0.25) is 0 Å². The number of nitrogens with two attached hydrogens (primary N) is 1. The van der Waals surface area contributed by atoms with E-state index in [1.54, 1.807) is 30.3 Å². The van der Waals surface area contributed by atoms with Gasteiger partial charge >= 0.3 is 0 Å². The van der Waals surface area contributed by atoms with E-state index in [-0.39, 0.29) is 15.7 Å². The molecule has 0 radical (unpaired) electrons. The minimum absolute atomic E-state index is 0.144.